The van der Waals surface area contributed by atoms with Crippen LogP contribution >= 0.6 is 11.6 Å². The van der Waals surface area contributed by atoms with Crippen LogP contribution in [0.4, 0.5) is 8.78 Å². The van der Waals surface area contributed by atoms with E-state index < -0.39 is 28.5 Å². The van der Waals surface area contributed by atoms with Crippen LogP contribution in [0.25, 0.3) is 0 Å². The summed E-state index contributed by atoms with van der Waals surface area (Å²) in [6.45, 7) is 0.480. The summed E-state index contributed by atoms with van der Waals surface area (Å²) in [5.41, 5.74) is -1.84. The van der Waals surface area contributed by atoms with Crippen molar-refractivity contribution >= 4 is 11.6 Å². The minimum atomic E-state index is -3.37. The predicted molar refractivity (Wildman–Crippen MR) is 99.4 cm³/mol. The minimum Gasteiger partial charge on any atom is -0.451 e. The molecule has 2 heterocycles. The summed E-state index contributed by atoms with van der Waals surface area (Å²) >= 11 is 5.92. The first-order chi connectivity index (χ1) is 13.6. The van der Waals surface area contributed by atoms with Crippen molar-refractivity contribution in [3.05, 3.63) is 73.3 Å². The van der Waals surface area contributed by atoms with Crippen LogP contribution in [0.3, 0.4) is 0 Å². The van der Waals surface area contributed by atoms with E-state index in [1.807, 2.05) is 6.07 Å². The summed E-state index contributed by atoms with van der Waals surface area (Å²) in [6, 6.07) is 6.86. The van der Waals surface area contributed by atoms with Gasteiger partial charge in [-0.05, 0) is 24.3 Å². The summed E-state index contributed by atoms with van der Waals surface area (Å²) in [4.78, 5) is 24.4. The van der Waals surface area contributed by atoms with Gasteiger partial charge in [-0.2, -0.15) is 10.4 Å². The molecule has 0 spiro atoms. The molecule has 0 amide bonds. The third-order valence-electron chi connectivity index (χ3n) is 4.10. The molecule has 0 bridgehead atoms. The van der Waals surface area contributed by atoms with Gasteiger partial charge >= 0.3 is 5.69 Å². The van der Waals surface area contributed by atoms with Gasteiger partial charge in [-0.3, -0.25) is 9.36 Å². The summed E-state index contributed by atoms with van der Waals surface area (Å²) < 4.78 is 35.9. The first-order valence-corrected chi connectivity index (χ1v) is 8.58. The summed E-state index contributed by atoms with van der Waals surface area (Å²) in [6.07, 6.45) is 1.17. The Morgan fingerprint density at radius 2 is 2.07 bits per heavy atom. The number of nitrogens with one attached hydrogen (secondary N) is 1. The Balaban J connectivity index is 2.11. The van der Waals surface area contributed by atoms with Crippen molar-refractivity contribution < 1.29 is 13.5 Å². The molecule has 0 aliphatic rings. The Hall–Kier alpha value is -3.45. The number of hydrogen-bond donors (Lipinski definition) is 1. The van der Waals surface area contributed by atoms with Gasteiger partial charge in [0.15, 0.2) is 5.82 Å². The Kier molecular flexibility index (Phi) is 5.26. The Labute approximate surface area is 167 Å². The Morgan fingerprint density at radius 1 is 1.34 bits per heavy atom. The molecule has 0 aliphatic carbocycles. The van der Waals surface area contributed by atoms with Gasteiger partial charge < -0.3 is 9.30 Å². The van der Waals surface area contributed by atoms with Crippen LogP contribution < -0.4 is 16.0 Å². The lowest BCUT2D eigenvalue weighted by molar-refractivity contribution is 0.0151. The Bertz CT molecular complexity index is 1230. The van der Waals surface area contributed by atoms with E-state index in [4.69, 9.17) is 21.6 Å². The van der Waals surface area contributed by atoms with Crippen LogP contribution in [-0.4, -0.2) is 19.3 Å². The molecule has 11 heteroatoms. The molecule has 3 aromatic rings. The number of aromatic nitrogens is 4. The fraction of sp³-hybridized carbons (Fsp3) is 0.222. The lowest BCUT2D eigenvalue weighted by atomic mass is 10.1. The van der Waals surface area contributed by atoms with Gasteiger partial charge in [0.1, 0.15) is 5.75 Å². The maximum Gasteiger partial charge on any atom is 0.343 e. The molecule has 150 valence electrons. The summed E-state index contributed by atoms with van der Waals surface area (Å²) in [5.74, 6) is -3.81. The van der Waals surface area contributed by atoms with Crippen molar-refractivity contribution in [3.63, 3.8) is 0 Å². The van der Waals surface area contributed by atoms with E-state index >= 15 is 0 Å². The molecule has 2 aromatic heterocycles. The summed E-state index contributed by atoms with van der Waals surface area (Å²) in [5, 5.41) is 15.2. The van der Waals surface area contributed by atoms with Gasteiger partial charge in [-0.15, -0.1) is 0 Å². The van der Waals surface area contributed by atoms with Crippen molar-refractivity contribution in [3.8, 4) is 17.6 Å². The number of pyridine rings is 1. The van der Waals surface area contributed by atoms with Crippen molar-refractivity contribution in [1.82, 2.24) is 19.3 Å². The van der Waals surface area contributed by atoms with Gasteiger partial charge in [0.2, 0.25) is 5.75 Å². The number of aromatic amines is 1. The zero-order valence-corrected chi connectivity index (χ0v) is 16.0. The van der Waals surface area contributed by atoms with Gasteiger partial charge in [-0.25, -0.2) is 18.7 Å². The number of nitriles is 1. The third-order valence-corrected chi connectivity index (χ3v) is 4.32. The molecule has 0 atom stereocenters. The number of halogens is 3. The second-order valence-corrected chi connectivity index (χ2v) is 6.71. The van der Waals surface area contributed by atoms with E-state index in [0.29, 0.717) is 6.92 Å². The first-order valence-electron chi connectivity index (χ1n) is 8.20. The van der Waals surface area contributed by atoms with Crippen LogP contribution in [0.1, 0.15) is 23.9 Å². The van der Waals surface area contributed by atoms with Gasteiger partial charge in [0.25, 0.3) is 11.5 Å². The normalized spacial score (nSPS) is 11.3. The van der Waals surface area contributed by atoms with Crippen LogP contribution in [-0.2, 0) is 19.5 Å². The zero-order chi connectivity index (χ0) is 21.3. The van der Waals surface area contributed by atoms with Gasteiger partial charge in [-0.1, -0.05) is 11.6 Å². The number of nitrogens with zero attached hydrogens (tertiary/aromatic N) is 4. The van der Waals surface area contributed by atoms with Crippen molar-refractivity contribution in [1.29, 1.82) is 5.26 Å². The average molecular weight is 422 g/mol. The number of alkyl halides is 2. The topological polar surface area (TPSA) is 106 Å². The van der Waals surface area contributed by atoms with Crippen LogP contribution in [0.15, 0.2) is 40.1 Å². The number of rotatable bonds is 5. The molecule has 29 heavy (non-hydrogen) atoms. The molecule has 0 aliphatic heterocycles. The summed E-state index contributed by atoms with van der Waals surface area (Å²) in [7, 11) is 1.45. The fourth-order valence-electron chi connectivity index (χ4n) is 2.60. The highest BCUT2D eigenvalue weighted by molar-refractivity contribution is 6.30. The maximum atomic E-state index is 14.1. The second kappa shape index (κ2) is 7.52. The highest BCUT2D eigenvalue weighted by Gasteiger charge is 2.31. The number of benzene rings is 1. The molecule has 0 radical (unpaired) electrons. The standard InChI is InChI=1S/C18H14ClF2N5O3/c1-18(20,21)13-3-4-26(9-14-23-24-17(28)25(14)2)16(27)15(13)29-12-6-10(8-22)5-11(19)7-12/h3-7H,9H2,1-2H3,(H,24,28). The lowest BCUT2D eigenvalue weighted by Gasteiger charge is -2.17. The van der Waals surface area contributed by atoms with Crippen LogP contribution in [0.2, 0.25) is 5.02 Å². The van der Waals surface area contributed by atoms with Gasteiger partial charge in [0.05, 0.1) is 23.7 Å². The maximum absolute atomic E-state index is 14.1. The molecule has 0 saturated carbocycles. The molecular formula is C18H14ClF2N5O3. The fourth-order valence-corrected chi connectivity index (χ4v) is 2.82. The third kappa shape index (κ3) is 4.20. The molecule has 1 aromatic carbocycles. The molecular weight excluding hydrogens is 408 g/mol. The lowest BCUT2D eigenvalue weighted by Crippen LogP contribution is -2.26. The van der Waals surface area contributed by atoms with Crippen molar-refractivity contribution in [2.75, 3.05) is 0 Å². The van der Waals surface area contributed by atoms with Crippen LogP contribution in [0.5, 0.6) is 11.5 Å². The van der Waals surface area contributed by atoms with Crippen molar-refractivity contribution in [2.24, 2.45) is 7.05 Å². The molecule has 0 saturated heterocycles. The Morgan fingerprint density at radius 3 is 2.66 bits per heavy atom. The molecule has 0 fully saturated rings. The number of hydrogen-bond acceptors (Lipinski definition) is 5. The molecule has 3 rings (SSSR count). The van der Waals surface area contributed by atoms with E-state index in [0.717, 1.165) is 10.6 Å². The van der Waals surface area contributed by atoms with E-state index in [1.54, 1.807) is 0 Å². The van der Waals surface area contributed by atoms with E-state index in [1.165, 1.54) is 36.0 Å². The van der Waals surface area contributed by atoms with E-state index in [2.05, 4.69) is 10.2 Å². The van der Waals surface area contributed by atoms with Crippen LogP contribution in [0, 0.1) is 11.3 Å². The number of ether oxygens (including phenoxy) is 1. The average Bonchev–Trinajstić information content (AvgIpc) is 2.95. The quantitative estimate of drug-likeness (QED) is 0.681. The second-order valence-electron chi connectivity index (χ2n) is 6.27. The molecule has 0 unspecified atom stereocenters. The predicted octanol–water partition coefficient (Wildman–Crippen LogP) is 2.75. The van der Waals surface area contributed by atoms with E-state index in [-0.39, 0.29) is 28.7 Å². The first kappa shape index (κ1) is 20.3. The minimum absolute atomic E-state index is 0.0402. The van der Waals surface area contributed by atoms with Gasteiger partial charge in [0, 0.05) is 25.2 Å². The smallest absolute Gasteiger partial charge is 0.343 e. The SMILES string of the molecule is Cn1c(Cn2ccc(C(C)(F)F)c(Oc3cc(Cl)cc(C#N)c3)c2=O)n[nH]c1=O. The van der Waals surface area contributed by atoms with E-state index in [9.17, 15) is 18.4 Å². The monoisotopic (exact) mass is 421 g/mol. The number of H-pyrrole nitrogens is 1. The highest BCUT2D eigenvalue weighted by Crippen LogP contribution is 2.35. The largest absolute Gasteiger partial charge is 0.451 e. The van der Waals surface area contributed by atoms with Crippen molar-refractivity contribution in [2.45, 2.75) is 19.4 Å². The molecule has 1 N–H and O–H groups in total. The zero-order valence-electron chi connectivity index (χ0n) is 15.2. The highest BCUT2D eigenvalue weighted by atomic mass is 35.5. The molecule has 8 nitrogen and oxygen atoms in total.